The summed E-state index contributed by atoms with van der Waals surface area (Å²) in [7, 11) is 0. The van der Waals surface area contributed by atoms with E-state index in [0.29, 0.717) is 25.8 Å². The fourth-order valence-electron chi connectivity index (χ4n) is 1.57. The van der Waals surface area contributed by atoms with Gasteiger partial charge in [0, 0.05) is 11.1 Å². The summed E-state index contributed by atoms with van der Waals surface area (Å²) in [5.41, 5.74) is 1.21. The fraction of sp³-hybridized carbons (Fsp3) is 0. The molecule has 21 heavy (non-hydrogen) atoms. The molecule has 0 radical (unpaired) electrons. The third kappa shape index (κ3) is 4.65. The van der Waals surface area contributed by atoms with Gasteiger partial charge in [0.2, 0.25) is 5.91 Å². The quantitative estimate of drug-likeness (QED) is 0.531. The molecule has 108 valence electrons. The maximum atomic E-state index is 11.9. The van der Waals surface area contributed by atoms with Gasteiger partial charge in [-0.05, 0) is 35.9 Å². The van der Waals surface area contributed by atoms with Gasteiger partial charge in [0.25, 0.3) is 0 Å². The molecular formula is C15H9Cl4NO. The number of hydrogen-bond acceptors (Lipinski definition) is 1. The van der Waals surface area contributed by atoms with Crippen molar-refractivity contribution in [3.05, 3.63) is 68.1 Å². The molecule has 0 aliphatic rings. The maximum absolute atomic E-state index is 11.9. The zero-order valence-electron chi connectivity index (χ0n) is 10.5. The van der Waals surface area contributed by atoms with Crippen LogP contribution in [0.25, 0.3) is 6.08 Å². The van der Waals surface area contributed by atoms with Crippen LogP contribution in [0.1, 0.15) is 5.56 Å². The average Bonchev–Trinajstić information content (AvgIpc) is 2.43. The lowest BCUT2D eigenvalue weighted by Crippen LogP contribution is -2.08. The van der Waals surface area contributed by atoms with Gasteiger partial charge in [0.05, 0.1) is 20.8 Å². The Morgan fingerprint density at radius 1 is 0.952 bits per heavy atom. The number of carbonyl (C=O) groups excluding carboxylic acids is 1. The number of halogens is 4. The average molecular weight is 361 g/mol. The Hall–Kier alpha value is -1.19. The molecule has 0 saturated heterocycles. The molecule has 0 saturated carbocycles. The van der Waals surface area contributed by atoms with E-state index in [0.717, 1.165) is 5.56 Å². The SMILES string of the molecule is O=C(C=Cc1cccc(Cl)c1)Nc1cc(Cl)c(Cl)cc1Cl. The normalized spacial score (nSPS) is 10.9. The zero-order chi connectivity index (χ0) is 15.4. The Balaban J connectivity index is 2.10. The number of nitrogens with one attached hydrogen (secondary N) is 1. The first-order chi connectivity index (χ1) is 9.95. The van der Waals surface area contributed by atoms with E-state index in [-0.39, 0.29) is 5.91 Å². The van der Waals surface area contributed by atoms with Gasteiger partial charge in [-0.1, -0.05) is 58.5 Å². The van der Waals surface area contributed by atoms with Gasteiger partial charge in [-0.25, -0.2) is 0 Å². The molecule has 0 aromatic heterocycles. The molecule has 0 aliphatic heterocycles. The number of hydrogen-bond donors (Lipinski definition) is 1. The molecule has 2 rings (SSSR count). The lowest BCUT2D eigenvalue weighted by Gasteiger charge is -2.06. The largest absolute Gasteiger partial charge is 0.321 e. The van der Waals surface area contributed by atoms with E-state index in [2.05, 4.69) is 5.32 Å². The van der Waals surface area contributed by atoms with Crippen LogP contribution in [0.3, 0.4) is 0 Å². The van der Waals surface area contributed by atoms with Crippen LogP contribution in [-0.4, -0.2) is 5.91 Å². The Kier molecular flexibility index (Phi) is 5.54. The highest BCUT2D eigenvalue weighted by Crippen LogP contribution is 2.32. The second-order valence-electron chi connectivity index (χ2n) is 4.12. The summed E-state index contributed by atoms with van der Waals surface area (Å²) in [6.45, 7) is 0. The third-order valence-corrected chi connectivity index (χ3v) is 3.81. The van der Waals surface area contributed by atoms with Crippen LogP contribution >= 0.6 is 46.4 Å². The van der Waals surface area contributed by atoms with Crippen molar-refractivity contribution in [2.24, 2.45) is 0 Å². The molecule has 0 bridgehead atoms. The van der Waals surface area contributed by atoms with Crippen molar-refractivity contribution in [1.82, 2.24) is 0 Å². The second-order valence-corrected chi connectivity index (χ2v) is 5.78. The standard InChI is InChI=1S/C15H9Cl4NO/c16-10-3-1-2-9(6-10)4-5-15(21)20-14-8-12(18)11(17)7-13(14)19/h1-8H,(H,20,21). The molecule has 2 aromatic rings. The van der Waals surface area contributed by atoms with Crippen LogP contribution in [0.4, 0.5) is 5.69 Å². The summed E-state index contributed by atoms with van der Waals surface area (Å²) in [5.74, 6) is -0.338. The van der Waals surface area contributed by atoms with Crippen molar-refractivity contribution >= 4 is 64.1 Å². The topological polar surface area (TPSA) is 29.1 Å². The molecular weight excluding hydrogens is 352 g/mol. The zero-order valence-corrected chi connectivity index (χ0v) is 13.6. The monoisotopic (exact) mass is 359 g/mol. The van der Waals surface area contributed by atoms with Crippen LogP contribution in [-0.2, 0) is 4.79 Å². The minimum Gasteiger partial charge on any atom is -0.321 e. The predicted octanol–water partition coefficient (Wildman–Crippen LogP) is 5.95. The first-order valence-corrected chi connectivity index (χ1v) is 7.36. The van der Waals surface area contributed by atoms with Crippen molar-refractivity contribution in [2.75, 3.05) is 5.32 Å². The molecule has 1 N–H and O–H groups in total. The summed E-state index contributed by atoms with van der Waals surface area (Å²) in [5, 5.41) is 4.19. The smallest absolute Gasteiger partial charge is 0.248 e. The third-order valence-electron chi connectivity index (χ3n) is 2.54. The van der Waals surface area contributed by atoms with Crippen molar-refractivity contribution < 1.29 is 4.79 Å². The van der Waals surface area contributed by atoms with Gasteiger partial charge in [0.1, 0.15) is 0 Å². The van der Waals surface area contributed by atoms with Gasteiger partial charge in [-0.15, -0.1) is 0 Å². The molecule has 2 nitrogen and oxygen atoms in total. The van der Waals surface area contributed by atoms with Crippen LogP contribution in [0.2, 0.25) is 20.1 Å². The Bertz CT molecular complexity index is 713. The van der Waals surface area contributed by atoms with E-state index in [1.165, 1.54) is 18.2 Å². The van der Waals surface area contributed by atoms with E-state index in [1.54, 1.807) is 24.3 Å². The molecule has 0 atom stereocenters. The number of anilines is 1. The van der Waals surface area contributed by atoms with Crippen LogP contribution in [0.15, 0.2) is 42.5 Å². The van der Waals surface area contributed by atoms with Crippen LogP contribution in [0, 0.1) is 0 Å². The lowest BCUT2D eigenvalue weighted by atomic mass is 10.2. The van der Waals surface area contributed by atoms with Gasteiger partial charge >= 0.3 is 0 Å². The number of benzene rings is 2. The van der Waals surface area contributed by atoms with E-state index in [4.69, 9.17) is 46.4 Å². The van der Waals surface area contributed by atoms with Gasteiger partial charge < -0.3 is 5.32 Å². The van der Waals surface area contributed by atoms with Crippen LogP contribution in [0.5, 0.6) is 0 Å². The minimum atomic E-state index is -0.338. The van der Waals surface area contributed by atoms with Gasteiger partial charge in [-0.2, -0.15) is 0 Å². The lowest BCUT2D eigenvalue weighted by molar-refractivity contribution is -0.111. The molecule has 2 aromatic carbocycles. The molecule has 6 heteroatoms. The number of amides is 1. The first-order valence-electron chi connectivity index (χ1n) is 5.85. The van der Waals surface area contributed by atoms with Crippen molar-refractivity contribution in [1.29, 1.82) is 0 Å². The van der Waals surface area contributed by atoms with E-state index in [9.17, 15) is 4.79 Å². The number of rotatable bonds is 3. The molecule has 1 amide bonds. The van der Waals surface area contributed by atoms with Crippen LogP contribution < -0.4 is 5.32 Å². The van der Waals surface area contributed by atoms with Crippen molar-refractivity contribution in [2.45, 2.75) is 0 Å². The summed E-state index contributed by atoms with van der Waals surface area (Å²) in [4.78, 5) is 11.9. The Morgan fingerprint density at radius 3 is 2.38 bits per heavy atom. The fourth-order valence-corrected chi connectivity index (χ4v) is 2.37. The number of carbonyl (C=O) groups is 1. The van der Waals surface area contributed by atoms with Gasteiger partial charge in [-0.3, -0.25) is 4.79 Å². The summed E-state index contributed by atoms with van der Waals surface area (Å²) >= 11 is 23.6. The first kappa shape index (κ1) is 16.2. The van der Waals surface area contributed by atoms with E-state index < -0.39 is 0 Å². The minimum absolute atomic E-state index is 0.314. The predicted molar refractivity (Wildman–Crippen MR) is 90.6 cm³/mol. The summed E-state index contributed by atoms with van der Waals surface area (Å²) < 4.78 is 0. The second kappa shape index (κ2) is 7.19. The van der Waals surface area contributed by atoms with E-state index >= 15 is 0 Å². The molecule has 0 heterocycles. The van der Waals surface area contributed by atoms with Crippen molar-refractivity contribution in [3.63, 3.8) is 0 Å². The summed E-state index contributed by atoms with van der Waals surface area (Å²) in [6, 6.07) is 10.1. The molecule has 0 aliphatic carbocycles. The van der Waals surface area contributed by atoms with Gasteiger partial charge in [0.15, 0.2) is 0 Å². The summed E-state index contributed by atoms with van der Waals surface area (Å²) in [6.07, 6.45) is 3.02. The maximum Gasteiger partial charge on any atom is 0.248 e. The molecule has 0 fully saturated rings. The Morgan fingerprint density at radius 2 is 1.67 bits per heavy atom. The Labute approximate surface area is 142 Å². The molecule has 0 spiro atoms. The highest BCUT2D eigenvalue weighted by molar-refractivity contribution is 6.44. The highest BCUT2D eigenvalue weighted by atomic mass is 35.5. The molecule has 0 unspecified atom stereocenters. The van der Waals surface area contributed by atoms with Crippen molar-refractivity contribution in [3.8, 4) is 0 Å². The highest BCUT2D eigenvalue weighted by Gasteiger charge is 2.07. The van der Waals surface area contributed by atoms with E-state index in [1.807, 2.05) is 6.07 Å².